The summed E-state index contributed by atoms with van der Waals surface area (Å²) in [5, 5.41) is 0. The van der Waals surface area contributed by atoms with Crippen LogP contribution in [0.5, 0.6) is 0 Å². The number of Topliss-reactive ketones (excluding diaryl/α,β-unsaturated/α-hetero) is 1. The molecule has 0 atom stereocenters. The largest absolute Gasteiger partial charge is 0.381 e. The van der Waals surface area contributed by atoms with E-state index in [0.29, 0.717) is 5.92 Å². The van der Waals surface area contributed by atoms with Crippen molar-refractivity contribution >= 4 is 17.5 Å². The quantitative estimate of drug-likeness (QED) is 0.732. The van der Waals surface area contributed by atoms with E-state index in [-0.39, 0.29) is 11.3 Å². The lowest BCUT2D eigenvalue weighted by Crippen LogP contribution is -2.13. The van der Waals surface area contributed by atoms with Gasteiger partial charge in [0, 0.05) is 23.0 Å². The lowest BCUT2D eigenvalue weighted by molar-refractivity contribution is 0.0853. The lowest BCUT2D eigenvalue weighted by atomic mass is 9.92. The maximum Gasteiger partial charge on any atom is 0.162 e. The number of benzene rings is 2. The minimum atomic E-state index is -0.455. The van der Waals surface area contributed by atoms with E-state index in [0.717, 1.165) is 35.8 Å². The molecule has 3 rings (SSSR count). The van der Waals surface area contributed by atoms with E-state index in [9.17, 15) is 9.18 Å². The Balaban J connectivity index is 1.77. The molecule has 0 bridgehead atoms. The Hall–Kier alpha value is -1.65. The second-order valence-electron chi connectivity index (χ2n) is 5.76. The van der Waals surface area contributed by atoms with Gasteiger partial charge in [-0.25, -0.2) is 4.39 Å². The zero-order chi connectivity index (χ0) is 16.2. The van der Waals surface area contributed by atoms with Crippen LogP contribution in [0.2, 0.25) is 0 Å². The van der Waals surface area contributed by atoms with Gasteiger partial charge in [0.25, 0.3) is 0 Å². The summed E-state index contributed by atoms with van der Waals surface area (Å²) < 4.78 is 19.3. The Morgan fingerprint density at radius 1 is 1.13 bits per heavy atom. The van der Waals surface area contributed by atoms with Crippen molar-refractivity contribution in [3.63, 3.8) is 0 Å². The Kier molecular flexibility index (Phi) is 5.13. The van der Waals surface area contributed by atoms with Crippen LogP contribution in [0.4, 0.5) is 4.39 Å². The number of halogens is 1. The zero-order valence-corrected chi connectivity index (χ0v) is 13.9. The van der Waals surface area contributed by atoms with Crippen LogP contribution in [0.15, 0.2) is 52.3 Å². The number of ketones is 1. The molecule has 0 aliphatic carbocycles. The average Bonchev–Trinajstić information content (AvgIpc) is 2.56. The summed E-state index contributed by atoms with van der Waals surface area (Å²) in [6, 6.07) is 13.2. The van der Waals surface area contributed by atoms with Gasteiger partial charge in [-0.2, -0.15) is 0 Å². The van der Waals surface area contributed by atoms with Crippen LogP contribution in [-0.4, -0.2) is 19.0 Å². The Morgan fingerprint density at radius 3 is 2.57 bits per heavy atom. The Bertz CT molecular complexity index is 708. The highest BCUT2D eigenvalue weighted by Crippen LogP contribution is 2.33. The first-order valence-corrected chi connectivity index (χ1v) is 8.61. The summed E-state index contributed by atoms with van der Waals surface area (Å²) in [6.45, 7) is 3.02. The molecule has 0 N–H and O–H groups in total. The molecule has 2 aromatic carbocycles. The van der Waals surface area contributed by atoms with Crippen molar-refractivity contribution in [3.8, 4) is 0 Å². The monoisotopic (exact) mass is 330 g/mol. The molecule has 1 aliphatic rings. The first kappa shape index (κ1) is 16.2. The molecule has 2 aromatic rings. The van der Waals surface area contributed by atoms with Crippen LogP contribution in [0.25, 0.3) is 0 Å². The van der Waals surface area contributed by atoms with Crippen LogP contribution in [0, 0.1) is 5.82 Å². The van der Waals surface area contributed by atoms with E-state index in [4.69, 9.17) is 4.74 Å². The third kappa shape index (κ3) is 4.01. The molecule has 120 valence electrons. The second kappa shape index (κ2) is 7.28. The summed E-state index contributed by atoms with van der Waals surface area (Å²) in [4.78, 5) is 13.2. The summed E-state index contributed by atoms with van der Waals surface area (Å²) in [6.07, 6.45) is 2.10. The third-order valence-corrected chi connectivity index (χ3v) is 5.09. The normalized spacial score (nSPS) is 15.6. The fraction of sp³-hybridized carbons (Fsp3) is 0.316. The highest BCUT2D eigenvalue weighted by Gasteiger charge is 2.16. The summed E-state index contributed by atoms with van der Waals surface area (Å²) in [7, 11) is 0. The zero-order valence-electron chi connectivity index (χ0n) is 13.0. The van der Waals surface area contributed by atoms with Gasteiger partial charge in [0.05, 0.1) is 5.56 Å². The Labute approximate surface area is 140 Å². The highest BCUT2D eigenvalue weighted by atomic mass is 32.2. The SMILES string of the molecule is CC(=O)c1ccc(Sc2cccc(C3CCOCC3)c2)cc1F. The van der Waals surface area contributed by atoms with Gasteiger partial charge in [-0.1, -0.05) is 23.9 Å². The molecule has 23 heavy (non-hydrogen) atoms. The fourth-order valence-electron chi connectivity index (χ4n) is 2.84. The van der Waals surface area contributed by atoms with E-state index in [1.54, 1.807) is 12.1 Å². The fourth-order valence-corrected chi connectivity index (χ4v) is 3.76. The third-order valence-electron chi connectivity index (χ3n) is 4.11. The van der Waals surface area contributed by atoms with Crippen molar-refractivity contribution in [2.75, 3.05) is 13.2 Å². The topological polar surface area (TPSA) is 26.3 Å². The van der Waals surface area contributed by atoms with Gasteiger partial charge in [0.15, 0.2) is 5.78 Å². The number of carbonyl (C=O) groups is 1. The molecule has 0 saturated carbocycles. The van der Waals surface area contributed by atoms with Gasteiger partial charge in [-0.3, -0.25) is 4.79 Å². The van der Waals surface area contributed by atoms with Crippen LogP contribution in [-0.2, 0) is 4.74 Å². The lowest BCUT2D eigenvalue weighted by Gasteiger charge is -2.22. The summed E-state index contributed by atoms with van der Waals surface area (Å²) in [5.74, 6) is -0.162. The summed E-state index contributed by atoms with van der Waals surface area (Å²) in [5.41, 5.74) is 1.46. The molecular weight excluding hydrogens is 311 g/mol. The van der Waals surface area contributed by atoms with Gasteiger partial charge in [0.2, 0.25) is 0 Å². The number of ether oxygens (including phenoxy) is 1. The molecule has 2 nitrogen and oxygen atoms in total. The number of rotatable bonds is 4. The van der Waals surface area contributed by atoms with Gasteiger partial charge >= 0.3 is 0 Å². The van der Waals surface area contributed by atoms with Crippen molar-refractivity contribution < 1.29 is 13.9 Å². The minimum Gasteiger partial charge on any atom is -0.381 e. The molecule has 1 heterocycles. The van der Waals surface area contributed by atoms with Gasteiger partial charge in [0.1, 0.15) is 5.82 Å². The second-order valence-corrected chi connectivity index (χ2v) is 6.91. The van der Waals surface area contributed by atoms with Crippen LogP contribution in [0.3, 0.4) is 0 Å². The standard InChI is InChI=1S/C19H19FO2S/c1-13(21)18-6-5-17(12-19(18)20)23-16-4-2-3-15(11-16)14-7-9-22-10-8-14/h2-6,11-12,14H,7-10H2,1H3. The molecule has 0 amide bonds. The predicted octanol–water partition coefficient (Wildman–Crippen LogP) is 5.07. The molecule has 1 saturated heterocycles. The Morgan fingerprint density at radius 2 is 1.87 bits per heavy atom. The number of carbonyl (C=O) groups excluding carboxylic acids is 1. The van der Waals surface area contributed by atoms with Crippen molar-refractivity contribution in [3.05, 3.63) is 59.4 Å². The number of hydrogen-bond acceptors (Lipinski definition) is 3. The highest BCUT2D eigenvalue weighted by molar-refractivity contribution is 7.99. The van der Waals surface area contributed by atoms with Crippen molar-refractivity contribution in [1.29, 1.82) is 0 Å². The summed E-state index contributed by atoms with van der Waals surface area (Å²) >= 11 is 1.52. The molecule has 0 unspecified atom stereocenters. The number of hydrogen-bond donors (Lipinski definition) is 0. The predicted molar refractivity (Wildman–Crippen MR) is 89.8 cm³/mol. The van der Waals surface area contributed by atoms with Crippen molar-refractivity contribution in [2.45, 2.75) is 35.5 Å². The van der Waals surface area contributed by atoms with Gasteiger partial charge in [-0.15, -0.1) is 0 Å². The van der Waals surface area contributed by atoms with Gasteiger partial charge < -0.3 is 4.74 Å². The first-order valence-electron chi connectivity index (χ1n) is 7.79. The molecule has 0 radical (unpaired) electrons. The maximum atomic E-state index is 13.9. The van der Waals surface area contributed by atoms with Gasteiger partial charge in [-0.05, 0) is 61.6 Å². The minimum absolute atomic E-state index is 0.144. The molecule has 0 spiro atoms. The van der Waals surface area contributed by atoms with E-state index in [1.165, 1.54) is 30.3 Å². The van der Waals surface area contributed by atoms with Crippen LogP contribution < -0.4 is 0 Å². The molecule has 1 aliphatic heterocycles. The molecule has 4 heteroatoms. The van der Waals surface area contributed by atoms with E-state index >= 15 is 0 Å². The first-order chi connectivity index (χ1) is 11.1. The average molecular weight is 330 g/mol. The smallest absolute Gasteiger partial charge is 0.162 e. The van der Waals surface area contributed by atoms with E-state index in [2.05, 4.69) is 12.1 Å². The van der Waals surface area contributed by atoms with E-state index in [1.807, 2.05) is 12.1 Å². The molecule has 0 aromatic heterocycles. The molecule has 1 fully saturated rings. The van der Waals surface area contributed by atoms with Crippen molar-refractivity contribution in [2.24, 2.45) is 0 Å². The van der Waals surface area contributed by atoms with Crippen LogP contribution >= 0.6 is 11.8 Å². The van der Waals surface area contributed by atoms with E-state index < -0.39 is 5.82 Å². The van der Waals surface area contributed by atoms with Crippen molar-refractivity contribution in [1.82, 2.24) is 0 Å². The van der Waals surface area contributed by atoms with Crippen LogP contribution in [0.1, 0.15) is 41.6 Å². The maximum absolute atomic E-state index is 13.9. The molecular formula is C19H19FO2S.